The van der Waals surface area contributed by atoms with Gasteiger partial charge in [-0.3, -0.25) is 4.79 Å². The van der Waals surface area contributed by atoms with Crippen LogP contribution < -0.4 is 5.73 Å². The topological polar surface area (TPSA) is 52.3 Å². The highest BCUT2D eigenvalue weighted by molar-refractivity contribution is 9.10. The Morgan fingerprint density at radius 1 is 1.53 bits per heavy atom. The second-order valence-corrected chi connectivity index (χ2v) is 4.36. The molecule has 0 spiro atoms. The molecule has 82 valence electrons. The summed E-state index contributed by atoms with van der Waals surface area (Å²) in [5.74, 6) is -0.292. The molecule has 0 aliphatic heterocycles. The first-order valence-corrected chi connectivity index (χ1v) is 5.41. The molecule has 3 nitrogen and oxygen atoms in total. The van der Waals surface area contributed by atoms with E-state index in [0.29, 0.717) is 0 Å². The number of carbonyl (C=O) groups excluding carboxylic acids is 1. The Bertz CT molecular complexity index is 345. The Morgan fingerprint density at radius 3 is 2.73 bits per heavy atom. The maximum atomic E-state index is 11.1. The summed E-state index contributed by atoms with van der Waals surface area (Å²) >= 11 is 3.39. The van der Waals surface area contributed by atoms with Crippen LogP contribution in [0.4, 0.5) is 0 Å². The normalized spacial score (nSPS) is 12.3. The molecular formula is C11H14BrNO2. The van der Waals surface area contributed by atoms with Gasteiger partial charge in [-0.25, -0.2) is 0 Å². The third-order valence-electron chi connectivity index (χ3n) is 2.11. The van der Waals surface area contributed by atoms with Crippen LogP contribution in [0.15, 0.2) is 22.7 Å². The molecule has 0 aliphatic rings. The summed E-state index contributed by atoms with van der Waals surface area (Å²) in [7, 11) is 1.36. The van der Waals surface area contributed by atoms with Gasteiger partial charge in [0.2, 0.25) is 0 Å². The second-order valence-electron chi connectivity index (χ2n) is 3.45. The van der Waals surface area contributed by atoms with Gasteiger partial charge in [0.1, 0.15) is 0 Å². The second kappa shape index (κ2) is 5.28. The number of halogens is 1. The number of aryl methyl sites for hydroxylation is 1. The zero-order chi connectivity index (χ0) is 11.4. The molecule has 0 amide bonds. The van der Waals surface area contributed by atoms with Crippen LogP contribution >= 0.6 is 15.9 Å². The van der Waals surface area contributed by atoms with Gasteiger partial charge >= 0.3 is 5.97 Å². The van der Waals surface area contributed by atoms with Crippen molar-refractivity contribution >= 4 is 21.9 Å². The largest absolute Gasteiger partial charge is 0.469 e. The van der Waals surface area contributed by atoms with Gasteiger partial charge in [-0.05, 0) is 30.2 Å². The molecule has 0 fully saturated rings. The summed E-state index contributed by atoms with van der Waals surface area (Å²) in [6.07, 6.45) is 0.201. The molecule has 1 aromatic carbocycles. The predicted molar refractivity (Wildman–Crippen MR) is 62.4 cm³/mol. The van der Waals surface area contributed by atoms with Crippen molar-refractivity contribution < 1.29 is 9.53 Å². The van der Waals surface area contributed by atoms with E-state index in [9.17, 15) is 4.79 Å². The van der Waals surface area contributed by atoms with Gasteiger partial charge in [0.15, 0.2) is 0 Å². The fourth-order valence-corrected chi connectivity index (χ4v) is 1.98. The van der Waals surface area contributed by atoms with Crippen LogP contribution in [0, 0.1) is 6.92 Å². The van der Waals surface area contributed by atoms with Crippen LogP contribution in [0.1, 0.15) is 23.6 Å². The SMILES string of the molecule is COC(=O)C[C@H](N)c1cc(C)cc(Br)c1. The molecule has 0 heterocycles. The summed E-state index contributed by atoms with van der Waals surface area (Å²) in [4.78, 5) is 11.1. The van der Waals surface area contributed by atoms with Crippen LogP contribution in [0.2, 0.25) is 0 Å². The molecule has 0 aromatic heterocycles. The summed E-state index contributed by atoms with van der Waals surface area (Å²) in [5.41, 5.74) is 7.94. The zero-order valence-electron chi connectivity index (χ0n) is 8.79. The monoisotopic (exact) mass is 271 g/mol. The van der Waals surface area contributed by atoms with Crippen LogP contribution in [-0.2, 0) is 9.53 Å². The summed E-state index contributed by atoms with van der Waals surface area (Å²) in [6.45, 7) is 1.99. The summed E-state index contributed by atoms with van der Waals surface area (Å²) in [6, 6.07) is 5.57. The van der Waals surface area contributed by atoms with Crippen molar-refractivity contribution in [3.63, 3.8) is 0 Å². The zero-order valence-corrected chi connectivity index (χ0v) is 10.4. The average Bonchev–Trinajstić information content (AvgIpc) is 2.16. The van der Waals surface area contributed by atoms with E-state index in [1.807, 2.05) is 25.1 Å². The molecule has 4 heteroatoms. The lowest BCUT2D eigenvalue weighted by Gasteiger charge is -2.11. The molecule has 0 bridgehead atoms. The van der Waals surface area contributed by atoms with Crippen molar-refractivity contribution in [2.24, 2.45) is 5.73 Å². The minimum absolute atomic E-state index is 0.201. The van der Waals surface area contributed by atoms with Crippen LogP contribution in [-0.4, -0.2) is 13.1 Å². The highest BCUT2D eigenvalue weighted by Gasteiger charge is 2.12. The van der Waals surface area contributed by atoms with E-state index in [4.69, 9.17) is 5.73 Å². The summed E-state index contributed by atoms with van der Waals surface area (Å²) in [5, 5.41) is 0. The third-order valence-corrected chi connectivity index (χ3v) is 2.56. The van der Waals surface area contributed by atoms with Crippen molar-refractivity contribution in [1.82, 2.24) is 0 Å². The number of esters is 1. The fraction of sp³-hybridized carbons (Fsp3) is 0.364. The van der Waals surface area contributed by atoms with Crippen molar-refractivity contribution in [2.45, 2.75) is 19.4 Å². The van der Waals surface area contributed by atoms with E-state index < -0.39 is 0 Å². The molecule has 0 radical (unpaired) electrons. The minimum atomic E-state index is -0.311. The van der Waals surface area contributed by atoms with Gasteiger partial charge in [-0.15, -0.1) is 0 Å². The lowest BCUT2D eigenvalue weighted by Crippen LogP contribution is -2.16. The van der Waals surface area contributed by atoms with E-state index in [2.05, 4.69) is 20.7 Å². The number of benzene rings is 1. The number of ether oxygens (including phenoxy) is 1. The van der Waals surface area contributed by atoms with E-state index in [0.717, 1.165) is 15.6 Å². The maximum Gasteiger partial charge on any atom is 0.307 e. The van der Waals surface area contributed by atoms with Gasteiger partial charge in [-0.1, -0.05) is 22.0 Å². The number of nitrogens with two attached hydrogens (primary N) is 1. The van der Waals surface area contributed by atoms with Crippen LogP contribution in [0.5, 0.6) is 0 Å². The lowest BCUT2D eigenvalue weighted by atomic mass is 10.0. The average molecular weight is 272 g/mol. The molecule has 1 aromatic rings. The predicted octanol–water partition coefficient (Wildman–Crippen LogP) is 2.32. The fourth-order valence-electron chi connectivity index (χ4n) is 1.36. The molecule has 1 atom stereocenters. The first kappa shape index (κ1) is 12.2. The first-order chi connectivity index (χ1) is 7.02. The maximum absolute atomic E-state index is 11.1. The standard InChI is InChI=1S/C11H14BrNO2/c1-7-3-8(5-9(12)4-7)10(13)6-11(14)15-2/h3-5,10H,6,13H2,1-2H3/t10-/m0/s1. The van der Waals surface area contributed by atoms with Gasteiger partial charge in [0, 0.05) is 10.5 Å². The molecule has 0 unspecified atom stereocenters. The van der Waals surface area contributed by atoms with E-state index in [1.54, 1.807) is 0 Å². The highest BCUT2D eigenvalue weighted by Crippen LogP contribution is 2.21. The molecule has 0 saturated carbocycles. The Balaban J connectivity index is 2.81. The smallest absolute Gasteiger partial charge is 0.307 e. The Hall–Kier alpha value is -0.870. The van der Waals surface area contributed by atoms with Gasteiger partial charge < -0.3 is 10.5 Å². The van der Waals surface area contributed by atoms with E-state index in [-0.39, 0.29) is 18.4 Å². The lowest BCUT2D eigenvalue weighted by molar-refractivity contribution is -0.141. The van der Waals surface area contributed by atoms with E-state index >= 15 is 0 Å². The van der Waals surface area contributed by atoms with Gasteiger partial charge in [-0.2, -0.15) is 0 Å². The molecular weight excluding hydrogens is 258 g/mol. The Labute approximate surface area is 97.7 Å². The van der Waals surface area contributed by atoms with E-state index in [1.165, 1.54) is 7.11 Å². The molecule has 1 rings (SSSR count). The number of carbonyl (C=O) groups is 1. The number of rotatable bonds is 3. The van der Waals surface area contributed by atoms with Gasteiger partial charge in [0.25, 0.3) is 0 Å². The Morgan fingerprint density at radius 2 is 2.20 bits per heavy atom. The minimum Gasteiger partial charge on any atom is -0.469 e. The number of hydrogen-bond donors (Lipinski definition) is 1. The Kier molecular flexibility index (Phi) is 4.29. The van der Waals surface area contributed by atoms with Crippen molar-refractivity contribution in [1.29, 1.82) is 0 Å². The molecule has 2 N–H and O–H groups in total. The third kappa shape index (κ3) is 3.64. The number of hydrogen-bond acceptors (Lipinski definition) is 3. The number of methoxy groups -OCH3 is 1. The first-order valence-electron chi connectivity index (χ1n) is 4.62. The quantitative estimate of drug-likeness (QED) is 0.859. The van der Waals surface area contributed by atoms with Crippen LogP contribution in [0.25, 0.3) is 0 Å². The van der Waals surface area contributed by atoms with Gasteiger partial charge in [0.05, 0.1) is 13.5 Å². The van der Waals surface area contributed by atoms with Crippen molar-refractivity contribution in [2.75, 3.05) is 7.11 Å². The molecule has 0 aliphatic carbocycles. The van der Waals surface area contributed by atoms with Crippen molar-refractivity contribution in [3.05, 3.63) is 33.8 Å². The highest BCUT2D eigenvalue weighted by atomic mass is 79.9. The molecule has 0 saturated heterocycles. The van der Waals surface area contributed by atoms with Crippen molar-refractivity contribution in [3.8, 4) is 0 Å². The molecule has 15 heavy (non-hydrogen) atoms. The summed E-state index contributed by atoms with van der Waals surface area (Å²) < 4.78 is 5.54. The van der Waals surface area contributed by atoms with Crippen LogP contribution in [0.3, 0.4) is 0 Å².